The Morgan fingerprint density at radius 1 is 1.36 bits per heavy atom. The Morgan fingerprint density at radius 3 is 2.86 bits per heavy atom. The molecule has 0 saturated heterocycles. The van der Waals surface area contributed by atoms with Crippen LogP contribution in [0, 0.1) is 0 Å². The Hall–Kier alpha value is -1.28. The molecule has 14 heavy (non-hydrogen) atoms. The maximum atomic E-state index is 6.24. The van der Waals surface area contributed by atoms with E-state index in [9.17, 15) is 0 Å². The summed E-state index contributed by atoms with van der Waals surface area (Å²) in [6.07, 6.45) is 2.89. The molecule has 2 heteroatoms. The molecule has 0 saturated carbocycles. The first-order valence-electron chi connectivity index (χ1n) is 5.00. The molecule has 2 aromatic rings. The van der Waals surface area contributed by atoms with Crippen LogP contribution in [0.5, 0.6) is 0 Å². The number of nitrogens with one attached hydrogen (secondary N) is 1. The fourth-order valence-corrected chi connectivity index (χ4v) is 1.75. The summed E-state index contributed by atoms with van der Waals surface area (Å²) in [6.45, 7) is 4.18. The molecule has 1 aromatic carbocycles. The largest absolute Gasteiger partial charge is 0.361 e. The van der Waals surface area contributed by atoms with Crippen LogP contribution < -0.4 is 5.73 Å². The summed E-state index contributed by atoms with van der Waals surface area (Å²) in [5.74, 6) is 0. The van der Waals surface area contributed by atoms with Gasteiger partial charge in [-0.3, -0.25) is 0 Å². The number of aromatic amines is 1. The molecule has 0 aliphatic rings. The number of para-hydroxylation sites is 1. The van der Waals surface area contributed by atoms with E-state index in [1.807, 2.05) is 6.20 Å². The first-order chi connectivity index (χ1) is 6.65. The zero-order chi connectivity index (χ0) is 10.2. The Bertz CT molecular complexity index is 440. The zero-order valence-corrected chi connectivity index (χ0v) is 8.67. The van der Waals surface area contributed by atoms with Crippen LogP contribution in [0.4, 0.5) is 0 Å². The minimum Gasteiger partial charge on any atom is -0.361 e. The SMILES string of the molecule is CCC(C)(N)c1cccc2cc[nH]c12. The highest BCUT2D eigenvalue weighted by Crippen LogP contribution is 2.27. The van der Waals surface area contributed by atoms with Gasteiger partial charge in [0.05, 0.1) is 5.52 Å². The third-order valence-electron chi connectivity index (χ3n) is 2.94. The highest BCUT2D eigenvalue weighted by atomic mass is 14.8. The monoisotopic (exact) mass is 188 g/mol. The number of hydrogen-bond acceptors (Lipinski definition) is 1. The van der Waals surface area contributed by atoms with Crippen molar-refractivity contribution in [2.24, 2.45) is 5.73 Å². The van der Waals surface area contributed by atoms with Crippen molar-refractivity contribution < 1.29 is 0 Å². The van der Waals surface area contributed by atoms with Gasteiger partial charge in [0, 0.05) is 11.7 Å². The molecule has 3 N–H and O–H groups in total. The molecule has 1 heterocycles. The summed E-state index contributed by atoms with van der Waals surface area (Å²) in [4.78, 5) is 3.25. The molecular weight excluding hydrogens is 172 g/mol. The van der Waals surface area contributed by atoms with Crippen LogP contribution in [-0.2, 0) is 5.54 Å². The summed E-state index contributed by atoms with van der Waals surface area (Å²) in [5, 5.41) is 1.23. The number of H-pyrrole nitrogens is 1. The molecule has 0 aliphatic heterocycles. The Balaban J connectivity index is 2.67. The van der Waals surface area contributed by atoms with Gasteiger partial charge in [-0.2, -0.15) is 0 Å². The lowest BCUT2D eigenvalue weighted by molar-refractivity contribution is 0.480. The van der Waals surface area contributed by atoms with Crippen LogP contribution in [0.3, 0.4) is 0 Å². The molecule has 74 valence electrons. The Morgan fingerprint density at radius 2 is 2.14 bits per heavy atom. The molecule has 2 rings (SSSR count). The third-order valence-corrected chi connectivity index (χ3v) is 2.94. The highest BCUT2D eigenvalue weighted by Gasteiger charge is 2.21. The molecule has 0 aliphatic carbocycles. The van der Waals surface area contributed by atoms with Crippen LogP contribution in [0.2, 0.25) is 0 Å². The number of benzene rings is 1. The summed E-state index contributed by atoms with van der Waals surface area (Å²) in [7, 11) is 0. The number of rotatable bonds is 2. The first-order valence-corrected chi connectivity index (χ1v) is 5.00. The molecule has 0 bridgehead atoms. The molecule has 1 atom stereocenters. The number of hydrogen-bond donors (Lipinski definition) is 2. The lowest BCUT2D eigenvalue weighted by atomic mass is 9.89. The second-order valence-electron chi connectivity index (χ2n) is 4.02. The van der Waals surface area contributed by atoms with Gasteiger partial charge in [0.15, 0.2) is 0 Å². The lowest BCUT2D eigenvalue weighted by Crippen LogP contribution is -2.32. The van der Waals surface area contributed by atoms with Crippen molar-refractivity contribution in [2.45, 2.75) is 25.8 Å². The van der Waals surface area contributed by atoms with E-state index < -0.39 is 0 Å². The van der Waals surface area contributed by atoms with Crippen molar-refractivity contribution in [3.8, 4) is 0 Å². The molecule has 0 spiro atoms. The molecular formula is C12H16N2. The van der Waals surface area contributed by atoms with Gasteiger partial charge in [0.25, 0.3) is 0 Å². The average molecular weight is 188 g/mol. The summed E-state index contributed by atoms with van der Waals surface area (Å²) in [5.41, 5.74) is 8.36. The maximum Gasteiger partial charge on any atom is 0.0505 e. The van der Waals surface area contributed by atoms with Crippen LogP contribution in [0.1, 0.15) is 25.8 Å². The topological polar surface area (TPSA) is 41.8 Å². The Labute approximate surface area is 84.1 Å². The van der Waals surface area contributed by atoms with Gasteiger partial charge in [0.1, 0.15) is 0 Å². The molecule has 1 aromatic heterocycles. The van der Waals surface area contributed by atoms with E-state index in [2.05, 4.69) is 43.1 Å². The van der Waals surface area contributed by atoms with E-state index in [4.69, 9.17) is 5.73 Å². The Kier molecular flexibility index (Phi) is 2.08. The maximum absolute atomic E-state index is 6.24. The lowest BCUT2D eigenvalue weighted by Gasteiger charge is -2.23. The van der Waals surface area contributed by atoms with E-state index in [-0.39, 0.29) is 5.54 Å². The van der Waals surface area contributed by atoms with Crippen molar-refractivity contribution in [3.05, 3.63) is 36.0 Å². The first kappa shape index (κ1) is 9.28. The zero-order valence-electron chi connectivity index (χ0n) is 8.67. The molecule has 1 unspecified atom stereocenters. The third kappa shape index (κ3) is 1.32. The molecule has 0 amide bonds. The van der Waals surface area contributed by atoms with E-state index in [1.54, 1.807) is 0 Å². The van der Waals surface area contributed by atoms with Crippen molar-refractivity contribution in [3.63, 3.8) is 0 Å². The van der Waals surface area contributed by atoms with Crippen LogP contribution in [0.15, 0.2) is 30.5 Å². The van der Waals surface area contributed by atoms with Gasteiger partial charge >= 0.3 is 0 Å². The van der Waals surface area contributed by atoms with Crippen molar-refractivity contribution >= 4 is 10.9 Å². The van der Waals surface area contributed by atoms with Gasteiger partial charge < -0.3 is 10.7 Å². The fourth-order valence-electron chi connectivity index (χ4n) is 1.75. The number of fused-ring (bicyclic) bond motifs is 1. The minimum atomic E-state index is -0.246. The van der Waals surface area contributed by atoms with Gasteiger partial charge in [-0.25, -0.2) is 0 Å². The smallest absolute Gasteiger partial charge is 0.0505 e. The van der Waals surface area contributed by atoms with Crippen molar-refractivity contribution in [1.82, 2.24) is 4.98 Å². The summed E-state index contributed by atoms with van der Waals surface area (Å²) in [6, 6.07) is 8.33. The van der Waals surface area contributed by atoms with Gasteiger partial charge in [0.2, 0.25) is 0 Å². The van der Waals surface area contributed by atoms with Crippen molar-refractivity contribution in [2.75, 3.05) is 0 Å². The predicted octanol–water partition coefficient (Wildman–Crippen LogP) is 2.75. The quantitative estimate of drug-likeness (QED) is 0.747. The molecule has 0 fully saturated rings. The van der Waals surface area contributed by atoms with Gasteiger partial charge in [-0.15, -0.1) is 0 Å². The van der Waals surface area contributed by atoms with Crippen LogP contribution in [0.25, 0.3) is 10.9 Å². The average Bonchev–Trinajstić information content (AvgIpc) is 2.64. The van der Waals surface area contributed by atoms with Gasteiger partial charge in [-0.05, 0) is 30.4 Å². The fraction of sp³-hybridized carbons (Fsp3) is 0.333. The molecule has 0 radical (unpaired) electrons. The van der Waals surface area contributed by atoms with Gasteiger partial charge in [-0.1, -0.05) is 25.1 Å². The molecule has 2 nitrogen and oxygen atoms in total. The summed E-state index contributed by atoms with van der Waals surface area (Å²) >= 11 is 0. The van der Waals surface area contributed by atoms with E-state index >= 15 is 0 Å². The van der Waals surface area contributed by atoms with E-state index in [0.29, 0.717) is 0 Å². The second kappa shape index (κ2) is 3.14. The summed E-state index contributed by atoms with van der Waals surface area (Å²) < 4.78 is 0. The standard InChI is InChI=1S/C12H16N2/c1-3-12(2,13)10-6-4-5-9-7-8-14-11(9)10/h4-8,14H,3,13H2,1-2H3. The predicted molar refractivity (Wildman–Crippen MR) is 60.1 cm³/mol. The van der Waals surface area contributed by atoms with Crippen LogP contribution >= 0.6 is 0 Å². The van der Waals surface area contributed by atoms with E-state index in [0.717, 1.165) is 6.42 Å². The minimum absolute atomic E-state index is 0.246. The number of aromatic nitrogens is 1. The highest BCUT2D eigenvalue weighted by molar-refractivity contribution is 5.83. The second-order valence-corrected chi connectivity index (χ2v) is 4.02. The van der Waals surface area contributed by atoms with Crippen LogP contribution in [-0.4, -0.2) is 4.98 Å². The normalized spacial score (nSPS) is 15.6. The number of nitrogens with two attached hydrogens (primary N) is 1. The van der Waals surface area contributed by atoms with E-state index in [1.165, 1.54) is 16.5 Å². The van der Waals surface area contributed by atoms with Crippen molar-refractivity contribution in [1.29, 1.82) is 0 Å².